The summed E-state index contributed by atoms with van der Waals surface area (Å²) in [5.74, 6) is 0. The van der Waals surface area contributed by atoms with E-state index in [1.807, 2.05) is 23.2 Å². The van der Waals surface area contributed by atoms with Crippen LogP contribution in [0.25, 0.3) is 36.2 Å². The lowest BCUT2D eigenvalue weighted by Gasteiger charge is -2.37. The van der Waals surface area contributed by atoms with E-state index in [9.17, 15) is 0 Å². The van der Waals surface area contributed by atoms with Crippen molar-refractivity contribution in [2.45, 2.75) is 78.0 Å². The van der Waals surface area contributed by atoms with Gasteiger partial charge in [0, 0.05) is 44.9 Å². The van der Waals surface area contributed by atoms with E-state index in [1.54, 1.807) is 22.7 Å². The average molecular weight is 598 g/mol. The highest BCUT2D eigenvalue weighted by molar-refractivity contribution is 7.44. The Morgan fingerprint density at radius 3 is 2.65 bits per heavy atom. The van der Waals surface area contributed by atoms with Crippen LogP contribution in [0.15, 0.2) is 48.2 Å². The van der Waals surface area contributed by atoms with Gasteiger partial charge in [-0.25, -0.2) is 21.2 Å². The predicted octanol–water partition coefficient (Wildman–Crippen LogP) is 8.25. The molecule has 4 atom stereocenters. The highest BCUT2D eigenvalue weighted by atomic mass is 32.1. The van der Waals surface area contributed by atoms with Crippen molar-refractivity contribution >= 4 is 42.4 Å². The van der Waals surface area contributed by atoms with Gasteiger partial charge in [-0.2, -0.15) is 0 Å². The van der Waals surface area contributed by atoms with Gasteiger partial charge in [-0.3, -0.25) is 4.57 Å². The summed E-state index contributed by atoms with van der Waals surface area (Å²) in [5.41, 5.74) is 2.76. The highest BCUT2D eigenvalue weighted by Gasteiger charge is 2.41. The zero-order valence-corrected chi connectivity index (χ0v) is 26.1. The summed E-state index contributed by atoms with van der Waals surface area (Å²) < 4.78 is 23.8. The minimum Gasteiger partial charge on any atom is -0.352 e. The second kappa shape index (κ2) is 13.2. The highest BCUT2D eigenvalue weighted by Crippen LogP contribution is 2.50. The molecular formula is C29H36N5O3PS2. The molecule has 0 spiro atoms. The molecule has 0 aromatic carbocycles. The molecule has 0 amide bonds. The minimum atomic E-state index is -1.35. The second-order valence-electron chi connectivity index (χ2n) is 10.3. The monoisotopic (exact) mass is 597 g/mol. The average Bonchev–Trinajstić information content (AvgIpc) is 3.74. The Hall–Kier alpha value is -2.22. The predicted molar refractivity (Wildman–Crippen MR) is 164 cm³/mol. The number of pyridine rings is 1. The number of hydrogen-bond donors (Lipinski definition) is 0. The molecule has 2 unspecified atom stereocenters. The minimum absolute atomic E-state index is 0.0769. The molecule has 4 aromatic heterocycles. The first-order valence-electron chi connectivity index (χ1n) is 13.7. The maximum Gasteiger partial charge on any atom is 0.259 e. The van der Waals surface area contributed by atoms with E-state index in [-0.39, 0.29) is 30.5 Å². The standard InChI is InChI=1S/C29H36N5O3PS2/c1-7-22-23(37-38(35-15-14-30-6)34(19(2)3)20(4)5)17-27(36-22)33-18-32-28-21(12-13-31-29(28)33)24-10-11-26(40-24)25-9-8-16-39-25/h8-13,16,18-20,22-23,27H,7,14-15,17H2,1-5H3/t22-,23?,27-,38?/m1/s1. The van der Waals surface area contributed by atoms with Gasteiger partial charge in [-0.1, -0.05) is 13.0 Å². The van der Waals surface area contributed by atoms with Gasteiger partial charge in [0.1, 0.15) is 18.4 Å². The summed E-state index contributed by atoms with van der Waals surface area (Å²) in [6.07, 6.45) is 4.74. The third-order valence-electron chi connectivity index (χ3n) is 6.87. The van der Waals surface area contributed by atoms with Crippen LogP contribution < -0.4 is 0 Å². The lowest BCUT2D eigenvalue weighted by molar-refractivity contribution is -0.0165. The molecule has 5 rings (SSSR count). The van der Waals surface area contributed by atoms with Crippen molar-refractivity contribution in [1.29, 1.82) is 0 Å². The molecule has 5 heterocycles. The number of aromatic nitrogens is 3. The molecule has 1 saturated heterocycles. The first-order chi connectivity index (χ1) is 19.4. The molecule has 8 nitrogen and oxygen atoms in total. The zero-order chi connectivity index (χ0) is 28.2. The van der Waals surface area contributed by atoms with E-state index in [2.05, 4.69) is 73.8 Å². The molecule has 0 aliphatic carbocycles. The summed E-state index contributed by atoms with van der Waals surface area (Å²) in [6, 6.07) is 11.1. The molecule has 0 saturated carbocycles. The maximum atomic E-state index is 7.15. The summed E-state index contributed by atoms with van der Waals surface area (Å²) in [5, 5.41) is 2.11. The van der Waals surface area contributed by atoms with E-state index in [4.69, 9.17) is 30.3 Å². The van der Waals surface area contributed by atoms with Gasteiger partial charge in [0.25, 0.3) is 8.53 Å². The fourth-order valence-corrected chi connectivity index (χ4v) is 8.74. The Kier molecular flexibility index (Phi) is 9.64. The van der Waals surface area contributed by atoms with Crippen LogP contribution in [0.1, 0.15) is 53.7 Å². The van der Waals surface area contributed by atoms with Crippen LogP contribution in [0.5, 0.6) is 0 Å². The van der Waals surface area contributed by atoms with Gasteiger partial charge in [0.15, 0.2) is 5.65 Å². The number of ether oxygens (including phenoxy) is 1. The van der Waals surface area contributed by atoms with Crippen molar-refractivity contribution in [3.8, 4) is 20.2 Å². The van der Waals surface area contributed by atoms with Gasteiger partial charge in [-0.05, 0) is 63.8 Å². The van der Waals surface area contributed by atoms with Crippen LogP contribution in [-0.2, 0) is 13.8 Å². The Morgan fingerprint density at radius 1 is 1.15 bits per heavy atom. The van der Waals surface area contributed by atoms with E-state index in [0.29, 0.717) is 19.6 Å². The Bertz CT molecular complexity index is 1420. The van der Waals surface area contributed by atoms with Crippen LogP contribution in [0.2, 0.25) is 0 Å². The number of imidazole rings is 1. The van der Waals surface area contributed by atoms with Crippen LogP contribution in [0, 0.1) is 6.57 Å². The largest absolute Gasteiger partial charge is 0.352 e. The number of nitrogens with zero attached hydrogens (tertiary/aromatic N) is 5. The molecule has 11 heteroatoms. The van der Waals surface area contributed by atoms with Crippen molar-refractivity contribution in [2.24, 2.45) is 0 Å². The van der Waals surface area contributed by atoms with Gasteiger partial charge in [0.2, 0.25) is 6.54 Å². The van der Waals surface area contributed by atoms with Crippen molar-refractivity contribution in [3.05, 3.63) is 59.7 Å². The summed E-state index contributed by atoms with van der Waals surface area (Å²) in [7, 11) is -1.35. The Balaban J connectivity index is 1.38. The van der Waals surface area contributed by atoms with E-state index in [1.165, 1.54) is 14.6 Å². The summed E-state index contributed by atoms with van der Waals surface area (Å²) >= 11 is 3.53. The zero-order valence-electron chi connectivity index (χ0n) is 23.6. The fraction of sp³-hybridized carbons (Fsp3) is 0.483. The molecule has 0 N–H and O–H groups in total. The fourth-order valence-electron chi connectivity index (χ4n) is 5.13. The van der Waals surface area contributed by atoms with Crippen LogP contribution in [0.3, 0.4) is 0 Å². The Morgan fingerprint density at radius 2 is 1.95 bits per heavy atom. The number of hydrogen-bond acceptors (Lipinski definition) is 8. The number of fused-ring (bicyclic) bond motifs is 1. The molecule has 40 heavy (non-hydrogen) atoms. The smallest absolute Gasteiger partial charge is 0.259 e. The summed E-state index contributed by atoms with van der Waals surface area (Å²) in [4.78, 5) is 16.7. The molecule has 1 aliphatic heterocycles. The van der Waals surface area contributed by atoms with Gasteiger partial charge in [-0.15, -0.1) is 22.7 Å². The van der Waals surface area contributed by atoms with Crippen LogP contribution in [0.4, 0.5) is 0 Å². The quantitative estimate of drug-likeness (QED) is 0.0931. The van der Waals surface area contributed by atoms with Crippen LogP contribution >= 0.6 is 31.2 Å². The van der Waals surface area contributed by atoms with Gasteiger partial charge < -0.3 is 18.6 Å². The molecular weight excluding hydrogens is 561 g/mol. The van der Waals surface area contributed by atoms with E-state index in [0.717, 1.165) is 23.1 Å². The SMILES string of the molecule is [C-]#[N+]CCOP(OC1C[C@H](n2cnc3c(-c4ccc(-c5cccs5)s4)ccnc32)O[C@@H]1CC)N(C(C)C)C(C)C. The molecule has 212 valence electrons. The van der Waals surface area contributed by atoms with Crippen LogP contribution in [-0.4, -0.2) is 56.6 Å². The Labute approximate surface area is 245 Å². The summed E-state index contributed by atoms with van der Waals surface area (Å²) in [6.45, 7) is 18.6. The topological polar surface area (TPSA) is 66.0 Å². The lowest BCUT2D eigenvalue weighted by atomic mass is 10.1. The molecule has 1 aliphatic rings. The molecule has 0 radical (unpaired) electrons. The van der Waals surface area contributed by atoms with Crippen molar-refractivity contribution < 1.29 is 13.8 Å². The maximum absolute atomic E-state index is 7.15. The van der Waals surface area contributed by atoms with Gasteiger partial charge in [0.05, 0.1) is 18.5 Å². The van der Waals surface area contributed by atoms with Crippen molar-refractivity contribution in [2.75, 3.05) is 13.2 Å². The first kappa shape index (κ1) is 29.3. The molecule has 1 fully saturated rings. The first-order valence-corrected chi connectivity index (χ1v) is 16.6. The van der Waals surface area contributed by atoms with Crippen molar-refractivity contribution in [1.82, 2.24) is 19.2 Å². The van der Waals surface area contributed by atoms with Gasteiger partial charge >= 0.3 is 0 Å². The normalized spacial score (nSPS) is 20.2. The third-order valence-corrected chi connectivity index (χ3v) is 11.2. The molecule has 4 aromatic rings. The third kappa shape index (κ3) is 6.17. The second-order valence-corrected chi connectivity index (χ2v) is 13.7. The lowest BCUT2D eigenvalue weighted by Crippen LogP contribution is -2.35. The van der Waals surface area contributed by atoms with Crippen molar-refractivity contribution in [3.63, 3.8) is 0 Å². The number of thiophene rings is 2. The van der Waals surface area contributed by atoms with E-state index >= 15 is 0 Å². The molecule has 0 bridgehead atoms. The number of rotatable bonds is 12. The van der Waals surface area contributed by atoms with E-state index < -0.39 is 8.53 Å².